The SMILES string of the molecule is CC(C)CC1CC2(CCC(C(C)C)CC2)C1. The molecule has 0 atom stereocenters. The maximum Gasteiger partial charge on any atom is -0.0292 e. The molecular weight excluding hydrogens is 192 g/mol. The molecule has 94 valence electrons. The third-order valence-corrected chi connectivity index (χ3v) is 5.28. The normalized spacial score (nSPS) is 39.4. The molecule has 2 fully saturated rings. The first kappa shape index (κ1) is 12.5. The maximum absolute atomic E-state index is 2.41. The monoisotopic (exact) mass is 222 g/mol. The van der Waals surface area contributed by atoms with Crippen molar-refractivity contribution in [2.75, 3.05) is 0 Å². The van der Waals surface area contributed by atoms with E-state index in [4.69, 9.17) is 0 Å². The van der Waals surface area contributed by atoms with Crippen molar-refractivity contribution in [1.29, 1.82) is 0 Å². The van der Waals surface area contributed by atoms with Gasteiger partial charge in [0, 0.05) is 0 Å². The van der Waals surface area contributed by atoms with Gasteiger partial charge in [-0.2, -0.15) is 0 Å². The minimum Gasteiger partial charge on any atom is -0.0628 e. The van der Waals surface area contributed by atoms with Gasteiger partial charge in [-0.25, -0.2) is 0 Å². The molecular formula is C16H30. The van der Waals surface area contributed by atoms with Crippen LogP contribution in [0, 0.1) is 29.1 Å². The minimum atomic E-state index is 0.824. The Morgan fingerprint density at radius 2 is 1.56 bits per heavy atom. The molecule has 0 saturated heterocycles. The van der Waals surface area contributed by atoms with Gasteiger partial charge in [0.2, 0.25) is 0 Å². The van der Waals surface area contributed by atoms with Crippen LogP contribution < -0.4 is 0 Å². The second-order valence-electron chi connectivity index (χ2n) is 7.49. The van der Waals surface area contributed by atoms with Gasteiger partial charge in [0.1, 0.15) is 0 Å². The van der Waals surface area contributed by atoms with E-state index in [9.17, 15) is 0 Å². The highest BCUT2D eigenvalue weighted by atomic mass is 14.5. The Morgan fingerprint density at radius 1 is 1.00 bits per heavy atom. The summed E-state index contributed by atoms with van der Waals surface area (Å²) in [6, 6.07) is 0. The van der Waals surface area contributed by atoms with E-state index in [-0.39, 0.29) is 0 Å². The van der Waals surface area contributed by atoms with Crippen LogP contribution in [0.3, 0.4) is 0 Å². The molecule has 0 amide bonds. The third kappa shape index (κ3) is 2.63. The zero-order valence-electron chi connectivity index (χ0n) is 11.8. The molecule has 0 heterocycles. The van der Waals surface area contributed by atoms with Crippen LogP contribution in [-0.2, 0) is 0 Å². The van der Waals surface area contributed by atoms with E-state index in [1.165, 1.54) is 19.3 Å². The molecule has 2 rings (SSSR count). The van der Waals surface area contributed by atoms with E-state index in [0.29, 0.717) is 0 Å². The van der Waals surface area contributed by atoms with E-state index in [2.05, 4.69) is 27.7 Å². The van der Waals surface area contributed by atoms with Crippen LogP contribution in [0.1, 0.15) is 72.6 Å². The average Bonchev–Trinajstić information content (AvgIpc) is 2.15. The molecule has 0 aromatic rings. The Hall–Kier alpha value is 0. The van der Waals surface area contributed by atoms with Crippen molar-refractivity contribution in [2.45, 2.75) is 72.6 Å². The Morgan fingerprint density at radius 3 is 2.00 bits per heavy atom. The Balaban J connectivity index is 1.74. The largest absolute Gasteiger partial charge is 0.0628 e. The van der Waals surface area contributed by atoms with Gasteiger partial charge in [0.15, 0.2) is 0 Å². The molecule has 0 N–H and O–H groups in total. The van der Waals surface area contributed by atoms with Gasteiger partial charge >= 0.3 is 0 Å². The fourth-order valence-corrected chi connectivity index (χ4v) is 4.33. The second-order valence-corrected chi connectivity index (χ2v) is 7.49. The molecule has 16 heavy (non-hydrogen) atoms. The summed E-state index contributed by atoms with van der Waals surface area (Å²) in [7, 11) is 0. The topological polar surface area (TPSA) is 0 Å². The molecule has 1 spiro atoms. The molecule has 0 nitrogen and oxygen atoms in total. The predicted octanol–water partition coefficient (Wildman–Crippen LogP) is 5.28. The summed E-state index contributed by atoms with van der Waals surface area (Å²) in [6.07, 6.45) is 10.7. The van der Waals surface area contributed by atoms with Gasteiger partial charge in [0.05, 0.1) is 0 Å². The Kier molecular flexibility index (Phi) is 3.66. The quantitative estimate of drug-likeness (QED) is 0.610. The lowest BCUT2D eigenvalue weighted by molar-refractivity contribution is -0.0142. The van der Waals surface area contributed by atoms with Gasteiger partial charge in [-0.1, -0.05) is 27.7 Å². The first-order valence-electron chi connectivity index (χ1n) is 7.51. The number of hydrogen-bond acceptors (Lipinski definition) is 0. The van der Waals surface area contributed by atoms with Crippen LogP contribution in [0.2, 0.25) is 0 Å². The highest BCUT2D eigenvalue weighted by Gasteiger charge is 2.45. The van der Waals surface area contributed by atoms with Crippen molar-refractivity contribution >= 4 is 0 Å². The van der Waals surface area contributed by atoms with E-state index in [0.717, 1.165) is 29.1 Å². The molecule has 0 heteroatoms. The van der Waals surface area contributed by atoms with Gasteiger partial charge in [-0.3, -0.25) is 0 Å². The Labute approximate surface area is 102 Å². The summed E-state index contributed by atoms with van der Waals surface area (Å²) in [5.41, 5.74) is 0.824. The van der Waals surface area contributed by atoms with Crippen LogP contribution in [-0.4, -0.2) is 0 Å². The van der Waals surface area contributed by atoms with Gasteiger partial charge in [0.25, 0.3) is 0 Å². The van der Waals surface area contributed by atoms with Crippen molar-refractivity contribution < 1.29 is 0 Å². The summed E-state index contributed by atoms with van der Waals surface area (Å²) in [5.74, 6) is 3.95. The van der Waals surface area contributed by atoms with Crippen LogP contribution >= 0.6 is 0 Å². The van der Waals surface area contributed by atoms with E-state index >= 15 is 0 Å². The summed E-state index contributed by atoms with van der Waals surface area (Å²) in [5, 5.41) is 0. The lowest BCUT2D eigenvalue weighted by Gasteiger charge is -2.53. The van der Waals surface area contributed by atoms with Gasteiger partial charge in [-0.15, -0.1) is 0 Å². The Bertz CT molecular complexity index is 203. The van der Waals surface area contributed by atoms with Crippen molar-refractivity contribution in [2.24, 2.45) is 29.1 Å². The van der Waals surface area contributed by atoms with Crippen LogP contribution in [0.4, 0.5) is 0 Å². The third-order valence-electron chi connectivity index (χ3n) is 5.28. The first-order chi connectivity index (χ1) is 7.51. The maximum atomic E-state index is 2.41. The molecule has 2 aliphatic rings. The molecule has 2 saturated carbocycles. The lowest BCUT2D eigenvalue weighted by atomic mass is 9.53. The summed E-state index contributed by atoms with van der Waals surface area (Å²) < 4.78 is 0. The van der Waals surface area contributed by atoms with Crippen LogP contribution in [0.15, 0.2) is 0 Å². The van der Waals surface area contributed by atoms with Crippen molar-refractivity contribution in [3.05, 3.63) is 0 Å². The standard InChI is InChI=1S/C16H30/c1-12(2)9-14-10-16(11-14)7-5-15(6-8-16)13(3)4/h12-15H,5-11H2,1-4H3. The predicted molar refractivity (Wildman–Crippen MR) is 71.4 cm³/mol. The van der Waals surface area contributed by atoms with Gasteiger partial charge < -0.3 is 0 Å². The van der Waals surface area contributed by atoms with E-state index < -0.39 is 0 Å². The number of rotatable bonds is 3. The molecule has 0 radical (unpaired) electrons. The fraction of sp³-hybridized carbons (Fsp3) is 1.00. The highest BCUT2D eigenvalue weighted by molar-refractivity contribution is 4.96. The van der Waals surface area contributed by atoms with Crippen molar-refractivity contribution in [3.8, 4) is 0 Å². The van der Waals surface area contributed by atoms with Crippen LogP contribution in [0.25, 0.3) is 0 Å². The van der Waals surface area contributed by atoms with Gasteiger partial charge in [-0.05, 0) is 74.0 Å². The highest BCUT2D eigenvalue weighted by Crippen LogP contribution is 2.57. The van der Waals surface area contributed by atoms with Crippen molar-refractivity contribution in [1.82, 2.24) is 0 Å². The van der Waals surface area contributed by atoms with Crippen molar-refractivity contribution in [3.63, 3.8) is 0 Å². The smallest absolute Gasteiger partial charge is 0.0292 e. The summed E-state index contributed by atoms with van der Waals surface area (Å²) >= 11 is 0. The summed E-state index contributed by atoms with van der Waals surface area (Å²) in [6.45, 7) is 9.57. The molecule has 0 aromatic heterocycles. The van der Waals surface area contributed by atoms with Crippen LogP contribution in [0.5, 0.6) is 0 Å². The summed E-state index contributed by atoms with van der Waals surface area (Å²) in [4.78, 5) is 0. The fourth-order valence-electron chi connectivity index (χ4n) is 4.33. The first-order valence-corrected chi connectivity index (χ1v) is 7.51. The molecule has 0 aliphatic heterocycles. The molecule has 0 unspecified atom stereocenters. The van der Waals surface area contributed by atoms with E-state index in [1.807, 2.05) is 0 Å². The number of hydrogen-bond donors (Lipinski definition) is 0. The molecule has 2 aliphatic carbocycles. The zero-order valence-corrected chi connectivity index (χ0v) is 11.8. The lowest BCUT2D eigenvalue weighted by Crippen LogP contribution is -2.41. The zero-order chi connectivity index (χ0) is 11.8. The molecule has 0 bridgehead atoms. The minimum absolute atomic E-state index is 0.824. The van der Waals surface area contributed by atoms with E-state index in [1.54, 1.807) is 25.7 Å². The average molecular weight is 222 g/mol. The molecule has 0 aromatic carbocycles. The second kappa shape index (κ2) is 4.70.